The maximum absolute atomic E-state index is 12.4. The third kappa shape index (κ3) is 3.70. The summed E-state index contributed by atoms with van der Waals surface area (Å²) < 4.78 is 0. The first kappa shape index (κ1) is 15.7. The summed E-state index contributed by atoms with van der Waals surface area (Å²) in [4.78, 5) is 20.5. The Morgan fingerprint density at radius 3 is 2.20 bits per heavy atom. The topological polar surface area (TPSA) is 42.9 Å². The number of carbonyl (C=O) groups excluding carboxylic acids is 1. The first-order valence-corrected chi connectivity index (χ1v) is 7.75. The summed E-state index contributed by atoms with van der Waals surface area (Å²) in [5, 5.41) is 0.596. The number of aryl methyl sites for hydroxylation is 1. The molecule has 0 aliphatic heterocycles. The van der Waals surface area contributed by atoms with E-state index < -0.39 is 0 Å². The van der Waals surface area contributed by atoms with Gasteiger partial charge < -0.3 is 0 Å². The molecule has 0 spiro atoms. The summed E-state index contributed by atoms with van der Waals surface area (Å²) in [6, 6.07) is 0. The highest BCUT2D eigenvalue weighted by Crippen LogP contribution is 2.39. The van der Waals surface area contributed by atoms with Crippen LogP contribution in [0, 0.1) is 18.3 Å². The molecule has 0 amide bonds. The van der Waals surface area contributed by atoms with Crippen LogP contribution in [0.1, 0.15) is 50.9 Å². The second kappa shape index (κ2) is 5.98. The van der Waals surface area contributed by atoms with Crippen LogP contribution in [0.2, 0.25) is 10.3 Å². The van der Waals surface area contributed by atoms with E-state index in [0.29, 0.717) is 27.1 Å². The molecule has 110 valence electrons. The van der Waals surface area contributed by atoms with Gasteiger partial charge in [-0.3, -0.25) is 4.79 Å². The van der Waals surface area contributed by atoms with Gasteiger partial charge in [0.05, 0.1) is 0 Å². The fourth-order valence-corrected chi connectivity index (χ4v) is 3.32. The van der Waals surface area contributed by atoms with E-state index in [-0.39, 0.29) is 18.1 Å². The minimum atomic E-state index is 0.122. The molecule has 1 aromatic heterocycles. The highest BCUT2D eigenvalue weighted by atomic mass is 35.5. The van der Waals surface area contributed by atoms with E-state index in [4.69, 9.17) is 23.2 Å². The zero-order valence-corrected chi connectivity index (χ0v) is 13.7. The zero-order chi connectivity index (χ0) is 14.9. The Hall–Kier alpha value is -0.670. The quantitative estimate of drug-likeness (QED) is 0.775. The van der Waals surface area contributed by atoms with Crippen molar-refractivity contribution < 1.29 is 4.79 Å². The maximum Gasteiger partial charge on any atom is 0.140 e. The summed E-state index contributed by atoms with van der Waals surface area (Å²) in [5.74, 6) is 0.851. The summed E-state index contributed by atoms with van der Waals surface area (Å²) in [6.45, 7) is 6.25. The van der Waals surface area contributed by atoms with Crippen molar-refractivity contribution in [2.75, 3.05) is 0 Å². The second-order valence-corrected chi connectivity index (χ2v) is 7.13. The number of halogens is 2. The lowest BCUT2D eigenvalue weighted by Crippen LogP contribution is -2.27. The summed E-state index contributed by atoms with van der Waals surface area (Å²) >= 11 is 12.2. The Bertz CT molecular complexity index is 496. The van der Waals surface area contributed by atoms with E-state index in [1.54, 1.807) is 6.92 Å². The monoisotopic (exact) mass is 314 g/mol. The first-order valence-electron chi connectivity index (χ1n) is 7.00. The molecule has 1 fully saturated rings. The standard InChI is InChI=1S/C15H20Cl2N2O/c1-9-18-13(16)11(14(17)19-9)8-12(20)10-4-6-15(2,3)7-5-10/h10H,4-8H2,1-3H3. The molecule has 3 nitrogen and oxygen atoms in total. The molecule has 0 aromatic carbocycles. The maximum atomic E-state index is 12.4. The molecule has 1 aliphatic rings. The van der Waals surface area contributed by atoms with Gasteiger partial charge in [0.1, 0.15) is 21.9 Å². The lowest BCUT2D eigenvalue weighted by molar-refractivity contribution is -0.123. The number of Topliss-reactive ketones (excluding diaryl/α,β-unsaturated/α-hetero) is 1. The normalized spacial score (nSPS) is 19.1. The fraction of sp³-hybridized carbons (Fsp3) is 0.667. The minimum Gasteiger partial charge on any atom is -0.299 e. The van der Waals surface area contributed by atoms with Gasteiger partial charge in [-0.25, -0.2) is 9.97 Å². The Labute approximate surface area is 130 Å². The number of nitrogens with zero attached hydrogens (tertiary/aromatic N) is 2. The highest BCUT2D eigenvalue weighted by Gasteiger charge is 2.31. The average Bonchev–Trinajstić information content (AvgIpc) is 2.33. The van der Waals surface area contributed by atoms with Crippen LogP contribution in [-0.4, -0.2) is 15.8 Å². The second-order valence-electron chi connectivity index (χ2n) is 6.41. The number of hydrogen-bond acceptors (Lipinski definition) is 3. The predicted molar refractivity (Wildman–Crippen MR) is 81.2 cm³/mol. The van der Waals surface area contributed by atoms with Gasteiger partial charge >= 0.3 is 0 Å². The van der Waals surface area contributed by atoms with Crippen molar-refractivity contribution in [2.24, 2.45) is 11.3 Å². The van der Waals surface area contributed by atoms with Crippen molar-refractivity contribution in [3.05, 3.63) is 21.7 Å². The van der Waals surface area contributed by atoms with Crippen molar-refractivity contribution in [2.45, 2.75) is 52.9 Å². The van der Waals surface area contributed by atoms with E-state index in [2.05, 4.69) is 23.8 Å². The van der Waals surface area contributed by atoms with E-state index in [0.717, 1.165) is 25.7 Å². The van der Waals surface area contributed by atoms with E-state index in [1.807, 2.05) is 0 Å². The van der Waals surface area contributed by atoms with Gasteiger partial charge in [0.15, 0.2) is 0 Å². The van der Waals surface area contributed by atoms with Crippen LogP contribution in [0.15, 0.2) is 0 Å². The van der Waals surface area contributed by atoms with Gasteiger partial charge in [-0.2, -0.15) is 0 Å². The molecule has 0 bridgehead atoms. The molecule has 0 unspecified atom stereocenters. The fourth-order valence-electron chi connectivity index (χ4n) is 2.71. The number of carbonyl (C=O) groups is 1. The molecule has 2 rings (SSSR count). The van der Waals surface area contributed by atoms with Crippen LogP contribution in [0.3, 0.4) is 0 Å². The molecule has 1 heterocycles. The van der Waals surface area contributed by atoms with Gasteiger partial charge in [-0.15, -0.1) is 0 Å². The molecule has 1 aliphatic carbocycles. The molecule has 0 saturated heterocycles. The third-order valence-electron chi connectivity index (χ3n) is 4.16. The van der Waals surface area contributed by atoms with Gasteiger partial charge in [0.25, 0.3) is 0 Å². The number of ketones is 1. The van der Waals surface area contributed by atoms with Crippen LogP contribution >= 0.6 is 23.2 Å². The van der Waals surface area contributed by atoms with Crippen LogP contribution < -0.4 is 0 Å². The molecule has 1 aromatic rings. The lowest BCUT2D eigenvalue weighted by atomic mass is 9.71. The Balaban J connectivity index is 2.06. The first-order chi connectivity index (χ1) is 9.28. The average molecular weight is 315 g/mol. The lowest BCUT2D eigenvalue weighted by Gasteiger charge is -2.33. The molecule has 20 heavy (non-hydrogen) atoms. The molecule has 0 N–H and O–H groups in total. The Kier molecular flexibility index (Phi) is 4.70. The largest absolute Gasteiger partial charge is 0.299 e. The molecular formula is C15H20Cl2N2O. The van der Waals surface area contributed by atoms with Gasteiger partial charge in [0.2, 0.25) is 0 Å². The SMILES string of the molecule is Cc1nc(Cl)c(CC(=O)C2CCC(C)(C)CC2)c(Cl)n1. The smallest absolute Gasteiger partial charge is 0.140 e. The summed E-state index contributed by atoms with van der Waals surface area (Å²) in [7, 11) is 0. The van der Waals surface area contributed by atoms with Gasteiger partial charge in [-0.05, 0) is 38.0 Å². The highest BCUT2D eigenvalue weighted by molar-refractivity contribution is 6.34. The van der Waals surface area contributed by atoms with Crippen LogP contribution in [-0.2, 0) is 11.2 Å². The third-order valence-corrected chi connectivity index (χ3v) is 4.79. The Morgan fingerprint density at radius 2 is 1.70 bits per heavy atom. The van der Waals surface area contributed by atoms with Crippen LogP contribution in [0.5, 0.6) is 0 Å². The van der Waals surface area contributed by atoms with E-state index in [1.165, 1.54) is 0 Å². The summed E-state index contributed by atoms with van der Waals surface area (Å²) in [5.41, 5.74) is 0.924. The van der Waals surface area contributed by atoms with Crippen molar-refractivity contribution in [3.63, 3.8) is 0 Å². The van der Waals surface area contributed by atoms with E-state index in [9.17, 15) is 4.79 Å². The van der Waals surface area contributed by atoms with Crippen LogP contribution in [0.4, 0.5) is 0 Å². The number of hydrogen-bond donors (Lipinski definition) is 0. The number of rotatable bonds is 3. The Morgan fingerprint density at radius 1 is 1.20 bits per heavy atom. The molecular weight excluding hydrogens is 295 g/mol. The molecule has 0 atom stereocenters. The van der Waals surface area contributed by atoms with Gasteiger partial charge in [0, 0.05) is 17.9 Å². The molecule has 5 heteroatoms. The zero-order valence-electron chi connectivity index (χ0n) is 12.2. The predicted octanol–water partition coefficient (Wildman–Crippen LogP) is 4.42. The number of aromatic nitrogens is 2. The van der Waals surface area contributed by atoms with E-state index >= 15 is 0 Å². The van der Waals surface area contributed by atoms with Gasteiger partial charge in [-0.1, -0.05) is 37.0 Å². The van der Waals surface area contributed by atoms with Crippen molar-refractivity contribution in [1.82, 2.24) is 9.97 Å². The molecule has 1 saturated carbocycles. The molecule has 0 radical (unpaired) electrons. The van der Waals surface area contributed by atoms with Crippen molar-refractivity contribution in [3.8, 4) is 0 Å². The summed E-state index contributed by atoms with van der Waals surface area (Å²) in [6.07, 6.45) is 4.33. The van der Waals surface area contributed by atoms with Crippen molar-refractivity contribution in [1.29, 1.82) is 0 Å². The minimum absolute atomic E-state index is 0.122. The van der Waals surface area contributed by atoms with Crippen LogP contribution in [0.25, 0.3) is 0 Å². The van der Waals surface area contributed by atoms with Crippen molar-refractivity contribution >= 4 is 29.0 Å².